The lowest BCUT2D eigenvalue weighted by Crippen LogP contribution is -2.64. The Bertz CT molecular complexity index is 1280. The minimum Gasteiger partial charge on any atom is -0.372 e. The molecule has 7 heteroatoms. The van der Waals surface area contributed by atoms with E-state index < -0.39 is 5.66 Å². The van der Waals surface area contributed by atoms with Crippen LogP contribution in [0.25, 0.3) is 0 Å². The first-order valence-electron chi connectivity index (χ1n) is 12.3. The molecule has 0 fully saturated rings. The Balaban J connectivity index is 1.85. The van der Waals surface area contributed by atoms with Crippen molar-refractivity contribution in [3.05, 3.63) is 89.5 Å². The van der Waals surface area contributed by atoms with E-state index in [4.69, 9.17) is 5.10 Å². The number of para-hydroxylation sites is 1. The molecule has 36 heavy (non-hydrogen) atoms. The molecule has 1 unspecified atom stereocenters. The Morgan fingerprint density at radius 2 is 1.64 bits per heavy atom. The van der Waals surface area contributed by atoms with Gasteiger partial charge in [0, 0.05) is 37.0 Å². The molecule has 1 aliphatic rings. The zero-order valence-electron chi connectivity index (χ0n) is 21.5. The number of nitrogens with one attached hydrogen (secondary N) is 2. The molecule has 186 valence electrons. The Hall–Kier alpha value is -4.13. The van der Waals surface area contributed by atoms with Crippen molar-refractivity contribution < 1.29 is 9.59 Å². The molecule has 0 aromatic heterocycles. The van der Waals surface area contributed by atoms with E-state index in [1.165, 1.54) is 11.9 Å². The minimum absolute atomic E-state index is 0.344. The van der Waals surface area contributed by atoms with Crippen LogP contribution < -0.4 is 20.5 Å². The van der Waals surface area contributed by atoms with E-state index in [9.17, 15) is 9.59 Å². The van der Waals surface area contributed by atoms with Crippen LogP contribution in [0.3, 0.4) is 0 Å². The van der Waals surface area contributed by atoms with Crippen LogP contribution in [0.15, 0.2) is 77.9 Å². The minimum atomic E-state index is -1.58. The van der Waals surface area contributed by atoms with Gasteiger partial charge in [-0.3, -0.25) is 9.59 Å². The van der Waals surface area contributed by atoms with Gasteiger partial charge in [-0.25, -0.2) is 0 Å². The molecule has 2 amide bonds. The molecular weight excluding hydrogens is 450 g/mol. The van der Waals surface area contributed by atoms with Crippen LogP contribution in [0.4, 0.5) is 17.1 Å². The summed E-state index contributed by atoms with van der Waals surface area (Å²) in [6, 6.07) is 23.1. The van der Waals surface area contributed by atoms with Gasteiger partial charge in [0.15, 0.2) is 0 Å². The highest BCUT2D eigenvalue weighted by Crippen LogP contribution is 2.33. The van der Waals surface area contributed by atoms with Crippen LogP contribution in [-0.4, -0.2) is 36.3 Å². The lowest BCUT2D eigenvalue weighted by Gasteiger charge is -2.33. The monoisotopic (exact) mass is 483 g/mol. The number of benzene rings is 3. The number of amides is 2. The Morgan fingerprint density at radius 3 is 2.22 bits per heavy atom. The molecule has 1 atom stereocenters. The predicted octanol–water partition coefficient (Wildman–Crippen LogP) is 4.85. The molecule has 0 spiro atoms. The molecule has 0 bridgehead atoms. The lowest BCUT2D eigenvalue weighted by molar-refractivity contribution is -0.127. The Morgan fingerprint density at radius 1 is 0.972 bits per heavy atom. The average molecular weight is 484 g/mol. The first kappa shape index (κ1) is 25.0. The summed E-state index contributed by atoms with van der Waals surface area (Å²) in [5.41, 5.74) is 4.09. The highest BCUT2D eigenvalue weighted by molar-refractivity contribution is 6.30. The first-order chi connectivity index (χ1) is 17.3. The van der Waals surface area contributed by atoms with E-state index >= 15 is 0 Å². The number of aryl methyl sites for hydroxylation is 2. The second-order valence-corrected chi connectivity index (χ2v) is 8.99. The van der Waals surface area contributed by atoms with Crippen molar-refractivity contribution >= 4 is 34.6 Å². The van der Waals surface area contributed by atoms with Gasteiger partial charge in [0.25, 0.3) is 0 Å². The second kappa shape index (κ2) is 10.2. The molecule has 1 heterocycles. The van der Waals surface area contributed by atoms with E-state index in [0.717, 1.165) is 41.2 Å². The third kappa shape index (κ3) is 4.69. The van der Waals surface area contributed by atoms with Crippen molar-refractivity contribution in [2.24, 2.45) is 5.10 Å². The number of hydrazone groups is 1. The van der Waals surface area contributed by atoms with E-state index in [0.29, 0.717) is 11.4 Å². The van der Waals surface area contributed by atoms with Gasteiger partial charge in [-0.05, 0) is 63.6 Å². The molecule has 0 aliphatic carbocycles. The highest BCUT2D eigenvalue weighted by atomic mass is 16.2. The van der Waals surface area contributed by atoms with Crippen molar-refractivity contribution in [2.75, 3.05) is 28.3 Å². The van der Waals surface area contributed by atoms with E-state index in [2.05, 4.69) is 35.4 Å². The van der Waals surface area contributed by atoms with Gasteiger partial charge in [-0.1, -0.05) is 48.0 Å². The number of hydrogen-bond donors (Lipinski definition) is 2. The van der Waals surface area contributed by atoms with Crippen LogP contribution in [0.1, 0.15) is 37.5 Å². The normalized spacial score (nSPS) is 17.1. The quantitative estimate of drug-likeness (QED) is 0.449. The number of nitrogens with zero attached hydrogens (tertiary/aromatic N) is 3. The van der Waals surface area contributed by atoms with E-state index in [1.54, 1.807) is 0 Å². The van der Waals surface area contributed by atoms with Gasteiger partial charge in [-0.15, -0.1) is 0 Å². The number of hydrogen-bond acceptors (Lipinski definition) is 5. The third-order valence-corrected chi connectivity index (χ3v) is 6.42. The molecule has 0 saturated heterocycles. The molecule has 2 N–H and O–H groups in total. The summed E-state index contributed by atoms with van der Waals surface area (Å²) < 4.78 is 0. The smallest absolute Gasteiger partial charge is 0.300 e. The van der Waals surface area contributed by atoms with Gasteiger partial charge < -0.3 is 15.5 Å². The summed E-state index contributed by atoms with van der Waals surface area (Å²) in [6.07, 6.45) is 0. The van der Waals surface area contributed by atoms with Gasteiger partial charge >= 0.3 is 5.91 Å². The molecule has 1 aliphatic heterocycles. The summed E-state index contributed by atoms with van der Waals surface area (Å²) in [4.78, 5) is 28.9. The Labute approximate surface area is 212 Å². The fourth-order valence-corrected chi connectivity index (χ4v) is 4.51. The molecule has 4 rings (SSSR count). The molecule has 0 radical (unpaired) electrons. The number of carbonyl (C=O) groups is 2. The van der Waals surface area contributed by atoms with Crippen molar-refractivity contribution in [2.45, 2.75) is 40.3 Å². The second-order valence-electron chi connectivity index (χ2n) is 8.99. The fourth-order valence-electron chi connectivity index (χ4n) is 4.51. The van der Waals surface area contributed by atoms with Gasteiger partial charge in [-0.2, -0.15) is 10.1 Å². The highest BCUT2D eigenvalue weighted by Gasteiger charge is 2.53. The van der Waals surface area contributed by atoms with Crippen LogP contribution in [-0.2, 0) is 9.59 Å². The number of carbonyl (C=O) groups excluding carboxylic acids is 2. The van der Waals surface area contributed by atoms with Gasteiger partial charge in [0.05, 0.1) is 5.69 Å². The number of rotatable bonds is 8. The van der Waals surface area contributed by atoms with Crippen LogP contribution >= 0.6 is 0 Å². The summed E-state index contributed by atoms with van der Waals surface area (Å²) in [6.45, 7) is 11.4. The first-order valence-corrected chi connectivity index (χ1v) is 12.3. The van der Waals surface area contributed by atoms with Crippen molar-refractivity contribution in [3.63, 3.8) is 0 Å². The van der Waals surface area contributed by atoms with E-state index in [1.807, 2.05) is 80.6 Å². The maximum Gasteiger partial charge on any atom is 0.300 e. The largest absolute Gasteiger partial charge is 0.372 e. The molecule has 0 saturated carbocycles. The third-order valence-electron chi connectivity index (χ3n) is 6.42. The van der Waals surface area contributed by atoms with Gasteiger partial charge in [0.1, 0.15) is 5.71 Å². The summed E-state index contributed by atoms with van der Waals surface area (Å²) in [5.74, 6) is -0.727. The maximum absolute atomic E-state index is 14.1. The summed E-state index contributed by atoms with van der Waals surface area (Å²) in [5, 5.41) is 12.4. The molecule has 3 aromatic rings. The van der Waals surface area contributed by atoms with Crippen molar-refractivity contribution in [1.29, 1.82) is 0 Å². The summed E-state index contributed by atoms with van der Waals surface area (Å²) >= 11 is 0. The van der Waals surface area contributed by atoms with Crippen LogP contribution in [0, 0.1) is 13.8 Å². The lowest BCUT2D eigenvalue weighted by atomic mass is 9.94. The Kier molecular flexibility index (Phi) is 7.10. The summed E-state index contributed by atoms with van der Waals surface area (Å²) in [7, 11) is 0. The molecular formula is C29H33N5O2. The van der Waals surface area contributed by atoms with Crippen molar-refractivity contribution in [1.82, 2.24) is 5.32 Å². The SMILES string of the molecule is CCN(CC)c1ccc(NC2(NC(C)=O)C(=O)N(c3ccccc3)N=C2c2ccc(C)cc2)c(C)c1. The van der Waals surface area contributed by atoms with Gasteiger partial charge in [0.2, 0.25) is 11.6 Å². The number of anilines is 3. The predicted molar refractivity (Wildman–Crippen MR) is 147 cm³/mol. The zero-order chi connectivity index (χ0) is 25.9. The molecule has 3 aromatic carbocycles. The molecule has 7 nitrogen and oxygen atoms in total. The maximum atomic E-state index is 14.1. The topological polar surface area (TPSA) is 77.0 Å². The van der Waals surface area contributed by atoms with E-state index in [-0.39, 0.29) is 11.8 Å². The van der Waals surface area contributed by atoms with Crippen molar-refractivity contribution in [3.8, 4) is 0 Å². The standard InChI is InChI=1S/C29H33N5O2/c1-6-33(7-2)25-17-18-26(21(4)19-25)31-29(30-22(5)35)27(23-15-13-20(3)14-16-23)32-34(28(29)36)24-11-9-8-10-12-24/h8-19,31H,6-7H2,1-5H3,(H,30,35). The zero-order valence-corrected chi connectivity index (χ0v) is 21.5. The fraction of sp³-hybridized carbons (Fsp3) is 0.276. The average Bonchev–Trinajstić information content (AvgIpc) is 3.14. The van der Waals surface area contributed by atoms with Crippen LogP contribution in [0.5, 0.6) is 0 Å². The van der Waals surface area contributed by atoms with Crippen LogP contribution in [0.2, 0.25) is 0 Å².